The number of nitrogens with one attached hydrogen (secondary N) is 2. The zero-order valence-corrected chi connectivity index (χ0v) is 16.6. The fourth-order valence-electron chi connectivity index (χ4n) is 3.19. The molecule has 0 aliphatic carbocycles. The van der Waals surface area contributed by atoms with Crippen LogP contribution >= 0.6 is 11.3 Å². The molecule has 1 amide bonds. The number of allylic oxidation sites excluding steroid dienone is 1. The summed E-state index contributed by atoms with van der Waals surface area (Å²) < 4.78 is 36.6. The summed E-state index contributed by atoms with van der Waals surface area (Å²) in [5.41, 5.74) is 1.51. The quantitative estimate of drug-likeness (QED) is 0.614. The van der Waals surface area contributed by atoms with Gasteiger partial charge in [-0.1, -0.05) is 6.07 Å². The number of alkyl halides is 2. The lowest BCUT2D eigenvalue weighted by molar-refractivity contribution is -0.113. The Balaban J connectivity index is 1.77. The van der Waals surface area contributed by atoms with Gasteiger partial charge < -0.3 is 14.8 Å². The zero-order chi connectivity index (χ0) is 21.3. The van der Waals surface area contributed by atoms with Crippen molar-refractivity contribution >= 4 is 28.3 Å². The second-order valence-corrected chi connectivity index (χ2v) is 7.07. The SMILES string of the molecule is COc1cc(C2C(C(=O)Nc3nccs3)=C(C)Nc3ncnn32)ccc1OC(F)F. The van der Waals surface area contributed by atoms with Gasteiger partial charge in [-0.25, -0.2) is 9.67 Å². The highest BCUT2D eigenvalue weighted by Gasteiger charge is 2.34. The fraction of sp³-hybridized carbons (Fsp3) is 0.222. The number of benzene rings is 1. The molecule has 1 aliphatic heterocycles. The first-order valence-corrected chi connectivity index (χ1v) is 9.56. The topological polar surface area (TPSA) is 103 Å². The first-order valence-electron chi connectivity index (χ1n) is 8.68. The smallest absolute Gasteiger partial charge is 0.387 e. The van der Waals surface area contributed by atoms with E-state index in [-0.39, 0.29) is 17.4 Å². The number of amides is 1. The standard InChI is InChI=1S/C18H16F2N6O3S/c1-9-13(15(27)25-18-21-5-6-30-18)14(26-17(24-9)22-8-23-26)10-3-4-11(29-16(19)20)12(7-10)28-2/h3-8,14,16H,1-2H3,(H,21,25,27)(H,22,23,24). The van der Waals surface area contributed by atoms with Gasteiger partial charge in [0.05, 0.1) is 12.7 Å². The molecule has 3 heterocycles. The number of thiazole rings is 1. The van der Waals surface area contributed by atoms with Gasteiger partial charge >= 0.3 is 6.61 Å². The molecule has 2 N–H and O–H groups in total. The van der Waals surface area contributed by atoms with E-state index in [1.807, 2.05) is 0 Å². The van der Waals surface area contributed by atoms with Crippen molar-refractivity contribution in [3.05, 3.63) is 52.9 Å². The number of ether oxygens (including phenoxy) is 2. The largest absolute Gasteiger partial charge is 0.493 e. The van der Waals surface area contributed by atoms with Gasteiger partial charge in [-0.3, -0.25) is 10.1 Å². The molecule has 156 valence electrons. The summed E-state index contributed by atoms with van der Waals surface area (Å²) in [5, 5.41) is 12.2. The first-order chi connectivity index (χ1) is 14.5. The highest BCUT2D eigenvalue weighted by molar-refractivity contribution is 7.13. The number of fused-ring (bicyclic) bond motifs is 1. The third-order valence-corrected chi connectivity index (χ3v) is 5.10. The molecule has 0 fully saturated rings. The molecule has 2 aromatic heterocycles. The van der Waals surface area contributed by atoms with E-state index < -0.39 is 12.7 Å². The van der Waals surface area contributed by atoms with E-state index in [0.717, 1.165) is 0 Å². The molecule has 30 heavy (non-hydrogen) atoms. The summed E-state index contributed by atoms with van der Waals surface area (Å²) >= 11 is 1.29. The van der Waals surface area contributed by atoms with Crippen molar-refractivity contribution < 1.29 is 23.0 Å². The van der Waals surface area contributed by atoms with Gasteiger partial charge in [0, 0.05) is 17.3 Å². The van der Waals surface area contributed by atoms with Crippen LogP contribution in [-0.2, 0) is 4.79 Å². The van der Waals surface area contributed by atoms with E-state index in [2.05, 4.69) is 30.4 Å². The molecule has 1 atom stereocenters. The molecular weight excluding hydrogens is 418 g/mol. The molecule has 0 saturated carbocycles. The van der Waals surface area contributed by atoms with E-state index in [4.69, 9.17) is 4.74 Å². The summed E-state index contributed by atoms with van der Waals surface area (Å²) in [4.78, 5) is 21.3. The van der Waals surface area contributed by atoms with Gasteiger partial charge in [0.15, 0.2) is 16.6 Å². The molecule has 1 aliphatic rings. The van der Waals surface area contributed by atoms with E-state index in [0.29, 0.717) is 27.9 Å². The average Bonchev–Trinajstić information content (AvgIpc) is 3.38. The van der Waals surface area contributed by atoms with Crippen LogP contribution in [0.1, 0.15) is 18.5 Å². The fourth-order valence-corrected chi connectivity index (χ4v) is 3.71. The number of hydrogen-bond donors (Lipinski definition) is 2. The average molecular weight is 434 g/mol. The van der Waals surface area contributed by atoms with Gasteiger partial charge in [0.25, 0.3) is 5.91 Å². The molecule has 4 rings (SSSR count). The molecule has 0 spiro atoms. The Labute approximate surface area is 173 Å². The van der Waals surface area contributed by atoms with Crippen LogP contribution in [0.2, 0.25) is 0 Å². The Morgan fingerprint density at radius 3 is 2.87 bits per heavy atom. The molecule has 12 heteroatoms. The van der Waals surface area contributed by atoms with Gasteiger partial charge in [0.1, 0.15) is 12.4 Å². The summed E-state index contributed by atoms with van der Waals surface area (Å²) in [6, 6.07) is 3.79. The maximum Gasteiger partial charge on any atom is 0.387 e. The van der Waals surface area contributed by atoms with Crippen molar-refractivity contribution in [1.82, 2.24) is 19.7 Å². The Hall–Kier alpha value is -3.54. The van der Waals surface area contributed by atoms with Crippen LogP contribution in [-0.4, -0.2) is 39.4 Å². The van der Waals surface area contributed by atoms with Crippen LogP contribution in [0.15, 0.2) is 47.4 Å². The predicted molar refractivity (Wildman–Crippen MR) is 105 cm³/mol. The molecule has 0 radical (unpaired) electrons. The Kier molecular flexibility index (Phi) is 5.31. The molecule has 9 nitrogen and oxygen atoms in total. The molecule has 0 bridgehead atoms. The maximum atomic E-state index is 13.1. The van der Waals surface area contributed by atoms with Crippen LogP contribution in [0.4, 0.5) is 19.9 Å². The Bertz CT molecular complexity index is 1100. The number of aromatic nitrogens is 4. The van der Waals surface area contributed by atoms with Crippen LogP contribution in [0.5, 0.6) is 11.5 Å². The Morgan fingerprint density at radius 2 is 2.17 bits per heavy atom. The number of halogens is 2. The summed E-state index contributed by atoms with van der Waals surface area (Å²) in [6.07, 6.45) is 2.94. The van der Waals surface area contributed by atoms with Gasteiger partial charge in [-0.2, -0.15) is 18.9 Å². The second-order valence-electron chi connectivity index (χ2n) is 6.17. The van der Waals surface area contributed by atoms with Crippen molar-refractivity contribution in [3.63, 3.8) is 0 Å². The molecule has 1 unspecified atom stereocenters. The van der Waals surface area contributed by atoms with Crippen molar-refractivity contribution in [2.24, 2.45) is 0 Å². The van der Waals surface area contributed by atoms with Crippen molar-refractivity contribution in [2.45, 2.75) is 19.6 Å². The van der Waals surface area contributed by atoms with E-state index >= 15 is 0 Å². The predicted octanol–water partition coefficient (Wildman–Crippen LogP) is 3.27. The number of hydrogen-bond acceptors (Lipinski definition) is 8. The minimum atomic E-state index is -2.99. The van der Waals surface area contributed by atoms with Crippen LogP contribution < -0.4 is 20.1 Å². The van der Waals surface area contributed by atoms with Crippen LogP contribution in [0, 0.1) is 0 Å². The lowest BCUT2D eigenvalue weighted by Gasteiger charge is -2.29. The van der Waals surface area contributed by atoms with Crippen LogP contribution in [0.25, 0.3) is 0 Å². The van der Waals surface area contributed by atoms with E-state index in [1.165, 1.54) is 41.6 Å². The number of carbonyl (C=O) groups excluding carboxylic acids is 1. The lowest BCUT2D eigenvalue weighted by atomic mass is 9.94. The number of anilines is 2. The number of rotatable bonds is 6. The van der Waals surface area contributed by atoms with Crippen molar-refractivity contribution in [3.8, 4) is 11.5 Å². The highest BCUT2D eigenvalue weighted by atomic mass is 32.1. The van der Waals surface area contributed by atoms with Crippen molar-refractivity contribution in [1.29, 1.82) is 0 Å². The normalized spacial score (nSPS) is 15.6. The molecule has 1 aromatic carbocycles. The summed E-state index contributed by atoms with van der Waals surface area (Å²) in [5.74, 6) is 0.0481. The van der Waals surface area contributed by atoms with E-state index in [1.54, 1.807) is 24.6 Å². The zero-order valence-electron chi connectivity index (χ0n) is 15.8. The van der Waals surface area contributed by atoms with Gasteiger partial charge in [0.2, 0.25) is 5.95 Å². The van der Waals surface area contributed by atoms with Crippen LogP contribution in [0.3, 0.4) is 0 Å². The first kappa shape index (κ1) is 19.8. The summed E-state index contributed by atoms with van der Waals surface area (Å²) in [7, 11) is 1.35. The number of nitrogens with zero attached hydrogens (tertiary/aromatic N) is 4. The number of methoxy groups -OCH3 is 1. The Morgan fingerprint density at radius 1 is 1.33 bits per heavy atom. The number of carbonyl (C=O) groups is 1. The third-order valence-electron chi connectivity index (χ3n) is 4.41. The second kappa shape index (κ2) is 8.06. The monoisotopic (exact) mass is 434 g/mol. The van der Waals surface area contributed by atoms with Crippen molar-refractivity contribution in [2.75, 3.05) is 17.7 Å². The minimum Gasteiger partial charge on any atom is -0.493 e. The molecule has 0 saturated heterocycles. The van der Waals surface area contributed by atoms with E-state index in [9.17, 15) is 13.6 Å². The molecule has 3 aromatic rings. The third kappa shape index (κ3) is 3.68. The highest BCUT2D eigenvalue weighted by Crippen LogP contribution is 2.39. The molecular formula is C18H16F2N6O3S. The van der Waals surface area contributed by atoms with Gasteiger partial charge in [-0.05, 0) is 24.6 Å². The van der Waals surface area contributed by atoms with Gasteiger partial charge in [-0.15, -0.1) is 11.3 Å². The summed E-state index contributed by atoms with van der Waals surface area (Å²) in [6.45, 7) is -1.25. The lowest BCUT2D eigenvalue weighted by Crippen LogP contribution is -2.31. The maximum absolute atomic E-state index is 13.1. The minimum absolute atomic E-state index is 0.102.